The number of aryl methyl sites for hydroxylation is 1. The second kappa shape index (κ2) is 5.96. The summed E-state index contributed by atoms with van der Waals surface area (Å²) in [6.07, 6.45) is 2.25. The van der Waals surface area contributed by atoms with Gasteiger partial charge in [0.05, 0.1) is 6.04 Å². The predicted molar refractivity (Wildman–Crippen MR) is 84.0 cm³/mol. The van der Waals surface area contributed by atoms with Gasteiger partial charge >= 0.3 is 0 Å². The number of anilines is 1. The minimum atomic E-state index is -0.0864. The summed E-state index contributed by atoms with van der Waals surface area (Å²) in [7, 11) is 0. The van der Waals surface area contributed by atoms with Crippen molar-refractivity contribution in [1.82, 2.24) is 5.32 Å². The second-order valence-corrected chi connectivity index (χ2v) is 6.40. The van der Waals surface area contributed by atoms with Crippen molar-refractivity contribution in [3.05, 3.63) is 29.8 Å². The lowest BCUT2D eigenvalue weighted by atomic mass is 9.77. The van der Waals surface area contributed by atoms with Gasteiger partial charge in [0.25, 0.3) is 0 Å². The Balaban J connectivity index is 2.25. The van der Waals surface area contributed by atoms with Crippen molar-refractivity contribution in [2.24, 2.45) is 5.41 Å². The Morgan fingerprint density at radius 2 is 2.20 bits per heavy atom. The van der Waals surface area contributed by atoms with Crippen LogP contribution in [0.2, 0.25) is 0 Å². The molecule has 1 N–H and O–H groups in total. The van der Waals surface area contributed by atoms with E-state index in [1.165, 1.54) is 5.56 Å². The van der Waals surface area contributed by atoms with E-state index >= 15 is 0 Å². The molecule has 1 aromatic rings. The predicted octanol–water partition coefficient (Wildman–Crippen LogP) is 3.13. The summed E-state index contributed by atoms with van der Waals surface area (Å²) in [6.45, 7) is 10.1. The fraction of sp³-hybridized carbons (Fsp3) is 0.588. The number of nitrogens with one attached hydrogen (secondary N) is 1. The largest absolute Gasteiger partial charge is 0.311 e. The van der Waals surface area contributed by atoms with E-state index < -0.39 is 0 Å². The quantitative estimate of drug-likeness (QED) is 0.918. The molecule has 0 aliphatic carbocycles. The molecule has 0 bridgehead atoms. The fourth-order valence-corrected chi connectivity index (χ4v) is 3.05. The SMILES string of the molecule is CCN(C(=O)C1NCCCC1(C)C)c1cccc(C)c1. The van der Waals surface area contributed by atoms with E-state index in [4.69, 9.17) is 0 Å². The van der Waals surface area contributed by atoms with Crippen LogP contribution in [0.4, 0.5) is 5.69 Å². The van der Waals surface area contributed by atoms with Crippen molar-refractivity contribution in [3.8, 4) is 0 Å². The van der Waals surface area contributed by atoms with Gasteiger partial charge in [-0.2, -0.15) is 0 Å². The molecule has 0 spiro atoms. The Hall–Kier alpha value is -1.35. The number of nitrogens with zero attached hydrogens (tertiary/aromatic N) is 1. The smallest absolute Gasteiger partial charge is 0.244 e. The lowest BCUT2D eigenvalue weighted by Gasteiger charge is -2.40. The average Bonchev–Trinajstić information content (AvgIpc) is 2.39. The molecule has 0 aromatic heterocycles. The van der Waals surface area contributed by atoms with Gasteiger partial charge in [0.2, 0.25) is 5.91 Å². The molecule has 20 heavy (non-hydrogen) atoms. The van der Waals surface area contributed by atoms with E-state index in [2.05, 4.69) is 38.2 Å². The van der Waals surface area contributed by atoms with E-state index in [1.54, 1.807) is 0 Å². The van der Waals surface area contributed by atoms with Crippen LogP contribution in [0.25, 0.3) is 0 Å². The van der Waals surface area contributed by atoms with Gasteiger partial charge in [0.15, 0.2) is 0 Å². The van der Waals surface area contributed by atoms with Crippen LogP contribution in [0.15, 0.2) is 24.3 Å². The first-order chi connectivity index (χ1) is 9.45. The molecule has 3 heteroatoms. The van der Waals surface area contributed by atoms with Crippen LogP contribution in [-0.2, 0) is 4.79 Å². The Labute approximate surface area is 122 Å². The maximum Gasteiger partial charge on any atom is 0.244 e. The van der Waals surface area contributed by atoms with Crippen LogP contribution in [0, 0.1) is 12.3 Å². The first-order valence-corrected chi connectivity index (χ1v) is 7.57. The summed E-state index contributed by atoms with van der Waals surface area (Å²) < 4.78 is 0. The molecule has 1 unspecified atom stereocenters. The molecule has 1 aromatic carbocycles. The van der Waals surface area contributed by atoms with Crippen LogP contribution >= 0.6 is 0 Å². The molecule has 110 valence electrons. The van der Waals surface area contributed by atoms with Crippen LogP contribution in [0.1, 0.15) is 39.2 Å². The fourth-order valence-electron chi connectivity index (χ4n) is 3.05. The Bertz CT molecular complexity index is 482. The average molecular weight is 274 g/mol. The maximum atomic E-state index is 12.9. The molecule has 1 amide bonds. The number of piperidine rings is 1. The van der Waals surface area contributed by atoms with Crippen molar-refractivity contribution in [2.45, 2.75) is 46.6 Å². The molecule has 1 saturated heterocycles. The third-order valence-electron chi connectivity index (χ3n) is 4.27. The van der Waals surface area contributed by atoms with Gasteiger partial charge in [-0.05, 0) is 56.3 Å². The third-order valence-corrected chi connectivity index (χ3v) is 4.27. The summed E-state index contributed by atoms with van der Waals surface area (Å²) in [6, 6.07) is 8.09. The molecular weight excluding hydrogens is 248 g/mol. The van der Waals surface area contributed by atoms with Gasteiger partial charge in [-0.3, -0.25) is 4.79 Å². The van der Waals surface area contributed by atoms with Crippen LogP contribution in [0.5, 0.6) is 0 Å². The van der Waals surface area contributed by atoms with E-state index in [9.17, 15) is 4.79 Å². The number of benzene rings is 1. The highest BCUT2D eigenvalue weighted by Crippen LogP contribution is 2.32. The summed E-state index contributed by atoms with van der Waals surface area (Å²) >= 11 is 0. The first-order valence-electron chi connectivity index (χ1n) is 7.57. The number of amides is 1. The number of likely N-dealkylation sites (N-methyl/N-ethyl adjacent to an activating group) is 1. The Morgan fingerprint density at radius 3 is 2.80 bits per heavy atom. The zero-order valence-corrected chi connectivity index (χ0v) is 13.1. The highest BCUT2D eigenvalue weighted by molar-refractivity contribution is 5.97. The maximum absolute atomic E-state index is 12.9. The monoisotopic (exact) mass is 274 g/mol. The van der Waals surface area contributed by atoms with Crippen molar-refractivity contribution < 1.29 is 4.79 Å². The molecule has 1 aliphatic heterocycles. The molecule has 0 radical (unpaired) electrons. The minimum Gasteiger partial charge on any atom is -0.311 e. The van der Waals surface area contributed by atoms with E-state index in [0.717, 1.165) is 25.1 Å². The van der Waals surface area contributed by atoms with Gasteiger partial charge in [0.1, 0.15) is 0 Å². The molecule has 1 fully saturated rings. The summed E-state index contributed by atoms with van der Waals surface area (Å²) in [5.74, 6) is 0.197. The Morgan fingerprint density at radius 1 is 1.45 bits per heavy atom. The number of carbonyl (C=O) groups excluding carboxylic acids is 1. The van der Waals surface area contributed by atoms with Gasteiger partial charge in [-0.1, -0.05) is 26.0 Å². The number of hydrogen-bond acceptors (Lipinski definition) is 2. The first kappa shape index (κ1) is 15.0. The van der Waals surface area contributed by atoms with E-state index in [0.29, 0.717) is 6.54 Å². The summed E-state index contributed by atoms with van der Waals surface area (Å²) in [5, 5.41) is 3.42. The van der Waals surface area contributed by atoms with Gasteiger partial charge < -0.3 is 10.2 Å². The zero-order valence-electron chi connectivity index (χ0n) is 13.1. The van der Waals surface area contributed by atoms with Crippen LogP contribution in [0.3, 0.4) is 0 Å². The molecular formula is C17H26N2O. The van der Waals surface area contributed by atoms with E-state index in [-0.39, 0.29) is 17.4 Å². The molecule has 1 heterocycles. The number of hydrogen-bond donors (Lipinski definition) is 1. The number of rotatable bonds is 3. The van der Waals surface area contributed by atoms with Gasteiger partial charge in [-0.15, -0.1) is 0 Å². The molecule has 0 saturated carbocycles. The summed E-state index contributed by atoms with van der Waals surface area (Å²) in [5.41, 5.74) is 2.21. The topological polar surface area (TPSA) is 32.3 Å². The van der Waals surface area contributed by atoms with E-state index in [1.807, 2.05) is 24.0 Å². The summed E-state index contributed by atoms with van der Waals surface area (Å²) in [4.78, 5) is 14.8. The van der Waals surface area contributed by atoms with Crippen molar-refractivity contribution in [3.63, 3.8) is 0 Å². The highest BCUT2D eigenvalue weighted by Gasteiger charge is 2.39. The molecule has 3 nitrogen and oxygen atoms in total. The molecule has 2 rings (SSSR count). The zero-order chi connectivity index (χ0) is 14.8. The van der Waals surface area contributed by atoms with Crippen LogP contribution in [-0.4, -0.2) is 25.0 Å². The normalized spacial score (nSPS) is 21.5. The number of carbonyl (C=O) groups is 1. The minimum absolute atomic E-state index is 0.0204. The molecule has 1 atom stereocenters. The van der Waals surface area contributed by atoms with Gasteiger partial charge in [0, 0.05) is 12.2 Å². The molecule has 1 aliphatic rings. The van der Waals surface area contributed by atoms with Crippen molar-refractivity contribution in [1.29, 1.82) is 0 Å². The third kappa shape index (κ3) is 3.04. The Kier molecular flexibility index (Phi) is 4.48. The van der Waals surface area contributed by atoms with Gasteiger partial charge in [-0.25, -0.2) is 0 Å². The lowest BCUT2D eigenvalue weighted by Crippen LogP contribution is -2.56. The second-order valence-electron chi connectivity index (χ2n) is 6.40. The van der Waals surface area contributed by atoms with Crippen LogP contribution < -0.4 is 10.2 Å². The van der Waals surface area contributed by atoms with Crippen molar-refractivity contribution in [2.75, 3.05) is 18.0 Å². The van der Waals surface area contributed by atoms with Crippen molar-refractivity contribution >= 4 is 11.6 Å². The standard InChI is InChI=1S/C17H26N2O/c1-5-19(14-9-6-8-13(2)12-14)16(20)15-17(3,4)10-7-11-18-15/h6,8-9,12,15,18H,5,7,10-11H2,1-4H3. The lowest BCUT2D eigenvalue weighted by molar-refractivity contribution is -0.124. The highest BCUT2D eigenvalue weighted by atomic mass is 16.2.